The molecule has 3 nitrogen and oxygen atoms in total. The molecule has 0 N–H and O–H groups in total. The lowest BCUT2D eigenvalue weighted by molar-refractivity contribution is 0.456. The van der Waals surface area contributed by atoms with Crippen LogP contribution in [0.15, 0.2) is 24.3 Å². The molecule has 1 aromatic heterocycles. The molecule has 2 rings (SSSR count). The highest BCUT2D eigenvalue weighted by atomic mass is 35.5. The SMILES string of the molecule is Cc1ccc(Oc2cc(Cl)nc(C)n2)c(C)c1. The van der Waals surface area contributed by atoms with Gasteiger partial charge in [0, 0.05) is 6.07 Å². The van der Waals surface area contributed by atoms with E-state index in [2.05, 4.69) is 16.0 Å². The molecule has 0 fully saturated rings. The van der Waals surface area contributed by atoms with E-state index < -0.39 is 0 Å². The van der Waals surface area contributed by atoms with Crippen molar-refractivity contribution in [2.75, 3.05) is 0 Å². The van der Waals surface area contributed by atoms with Gasteiger partial charge in [0.05, 0.1) is 0 Å². The van der Waals surface area contributed by atoms with Gasteiger partial charge in [0.15, 0.2) is 0 Å². The highest BCUT2D eigenvalue weighted by molar-refractivity contribution is 6.29. The zero-order valence-corrected chi connectivity index (χ0v) is 10.7. The maximum absolute atomic E-state index is 5.85. The van der Waals surface area contributed by atoms with Crippen molar-refractivity contribution in [1.82, 2.24) is 9.97 Å². The van der Waals surface area contributed by atoms with Gasteiger partial charge in [-0.3, -0.25) is 0 Å². The van der Waals surface area contributed by atoms with Crippen LogP contribution in [0, 0.1) is 20.8 Å². The van der Waals surface area contributed by atoms with Crippen molar-refractivity contribution in [3.05, 3.63) is 46.4 Å². The summed E-state index contributed by atoms with van der Waals surface area (Å²) < 4.78 is 5.69. The molecule has 0 aliphatic carbocycles. The molecule has 2 aromatic rings. The molecule has 4 heteroatoms. The maximum atomic E-state index is 5.85. The van der Waals surface area contributed by atoms with Crippen molar-refractivity contribution >= 4 is 11.6 Å². The summed E-state index contributed by atoms with van der Waals surface area (Å²) >= 11 is 5.85. The van der Waals surface area contributed by atoms with Crippen LogP contribution < -0.4 is 4.74 Å². The highest BCUT2D eigenvalue weighted by Gasteiger charge is 2.05. The topological polar surface area (TPSA) is 35.0 Å². The molecule has 0 aliphatic rings. The number of halogens is 1. The summed E-state index contributed by atoms with van der Waals surface area (Å²) in [7, 11) is 0. The predicted molar refractivity (Wildman–Crippen MR) is 67.8 cm³/mol. The number of aromatic nitrogens is 2. The third-order valence-electron chi connectivity index (χ3n) is 2.33. The number of benzene rings is 1. The van der Waals surface area contributed by atoms with E-state index in [4.69, 9.17) is 16.3 Å². The minimum absolute atomic E-state index is 0.386. The van der Waals surface area contributed by atoms with E-state index in [9.17, 15) is 0 Å². The molecule has 1 aromatic carbocycles. The molecular formula is C13H13ClN2O. The summed E-state index contributed by atoms with van der Waals surface area (Å²) in [5, 5.41) is 0.386. The van der Waals surface area contributed by atoms with Gasteiger partial charge >= 0.3 is 0 Å². The zero-order chi connectivity index (χ0) is 12.4. The average Bonchev–Trinajstić information content (AvgIpc) is 2.21. The number of hydrogen-bond donors (Lipinski definition) is 0. The molecule has 0 radical (unpaired) electrons. The van der Waals surface area contributed by atoms with Gasteiger partial charge in [-0.15, -0.1) is 0 Å². The second-order valence-corrected chi connectivity index (χ2v) is 4.33. The summed E-state index contributed by atoms with van der Waals surface area (Å²) in [4.78, 5) is 8.16. The van der Waals surface area contributed by atoms with E-state index in [1.807, 2.05) is 26.0 Å². The molecule has 0 amide bonds. The van der Waals surface area contributed by atoms with Crippen LogP contribution in [-0.2, 0) is 0 Å². The van der Waals surface area contributed by atoms with E-state index in [1.54, 1.807) is 13.0 Å². The first-order chi connectivity index (χ1) is 8.04. The van der Waals surface area contributed by atoms with E-state index in [-0.39, 0.29) is 0 Å². The largest absolute Gasteiger partial charge is 0.439 e. The summed E-state index contributed by atoms with van der Waals surface area (Å²) in [5.74, 6) is 1.84. The second-order valence-electron chi connectivity index (χ2n) is 3.95. The second kappa shape index (κ2) is 4.72. The van der Waals surface area contributed by atoms with Crippen LogP contribution in [0.25, 0.3) is 0 Å². The highest BCUT2D eigenvalue weighted by Crippen LogP contribution is 2.25. The third kappa shape index (κ3) is 2.94. The van der Waals surface area contributed by atoms with E-state index >= 15 is 0 Å². The van der Waals surface area contributed by atoms with Crippen molar-refractivity contribution in [3.63, 3.8) is 0 Å². The molecule has 0 spiro atoms. The first-order valence-corrected chi connectivity index (χ1v) is 5.69. The Kier molecular flexibility index (Phi) is 3.29. The lowest BCUT2D eigenvalue weighted by Crippen LogP contribution is -1.94. The molecule has 0 atom stereocenters. The Morgan fingerprint density at radius 2 is 1.82 bits per heavy atom. The molecule has 0 bridgehead atoms. The van der Waals surface area contributed by atoms with Gasteiger partial charge in [-0.05, 0) is 32.4 Å². The molecule has 0 saturated heterocycles. The van der Waals surface area contributed by atoms with E-state index in [0.29, 0.717) is 16.9 Å². The third-order valence-corrected chi connectivity index (χ3v) is 2.52. The number of aryl methyl sites for hydroxylation is 3. The van der Waals surface area contributed by atoms with Gasteiger partial charge in [0.1, 0.15) is 16.7 Å². The Hall–Kier alpha value is -1.61. The van der Waals surface area contributed by atoms with Gasteiger partial charge in [-0.1, -0.05) is 29.3 Å². The monoisotopic (exact) mass is 248 g/mol. The van der Waals surface area contributed by atoms with E-state index in [1.165, 1.54) is 5.56 Å². The molecule has 0 saturated carbocycles. The van der Waals surface area contributed by atoms with Crippen molar-refractivity contribution in [2.45, 2.75) is 20.8 Å². The first-order valence-electron chi connectivity index (χ1n) is 5.31. The number of hydrogen-bond acceptors (Lipinski definition) is 3. The Bertz CT molecular complexity index is 535. The van der Waals surface area contributed by atoms with Crippen molar-refractivity contribution < 1.29 is 4.74 Å². The van der Waals surface area contributed by atoms with Crippen LogP contribution in [0.1, 0.15) is 17.0 Å². The molecule has 1 heterocycles. The predicted octanol–water partition coefficient (Wildman–Crippen LogP) is 3.85. The van der Waals surface area contributed by atoms with Gasteiger partial charge in [-0.25, -0.2) is 4.98 Å². The van der Waals surface area contributed by atoms with Gasteiger partial charge < -0.3 is 4.74 Å². The number of nitrogens with zero attached hydrogens (tertiary/aromatic N) is 2. The molecular weight excluding hydrogens is 236 g/mol. The summed E-state index contributed by atoms with van der Waals surface area (Å²) in [6.07, 6.45) is 0. The van der Waals surface area contributed by atoms with Crippen molar-refractivity contribution in [2.24, 2.45) is 0 Å². The first kappa shape index (κ1) is 11.9. The zero-order valence-electron chi connectivity index (χ0n) is 9.99. The minimum atomic E-state index is 0.386. The maximum Gasteiger partial charge on any atom is 0.224 e. The molecule has 0 unspecified atom stereocenters. The van der Waals surface area contributed by atoms with Crippen molar-refractivity contribution in [1.29, 1.82) is 0 Å². The van der Waals surface area contributed by atoms with Gasteiger partial charge in [-0.2, -0.15) is 4.98 Å². The molecule has 17 heavy (non-hydrogen) atoms. The Morgan fingerprint density at radius 1 is 1.06 bits per heavy atom. The summed E-state index contributed by atoms with van der Waals surface area (Å²) in [6.45, 7) is 5.82. The van der Waals surface area contributed by atoms with Crippen LogP contribution in [-0.4, -0.2) is 9.97 Å². The molecule has 0 aliphatic heterocycles. The Morgan fingerprint density at radius 3 is 2.47 bits per heavy atom. The fourth-order valence-electron chi connectivity index (χ4n) is 1.58. The molecule has 88 valence electrons. The van der Waals surface area contributed by atoms with Crippen LogP contribution in [0.2, 0.25) is 5.15 Å². The minimum Gasteiger partial charge on any atom is -0.439 e. The van der Waals surface area contributed by atoms with Gasteiger partial charge in [0.25, 0.3) is 0 Å². The Balaban J connectivity index is 2.31. The van der Waals surface area contributed by atoms with E-state index in [0.717, 1.165) is 11.3 Å². The van der Waals surface area contributed by atoms with Crippen LogP contribution in [0.3, 0.4) is 0 Å². The average molecular weight is 249 g/mol. The lowest BCUT2D eigenvalue weighted by atomic mass is 10.1. The normalized spacial score (nSPS) is 10.4. The van der Waals surface area contributed by atoms with Crippen LogP contribution in [0.5, 0.6) is 11.6 Å². The van der Waals surface area contributed by atoms with Crippen LogP contribution in [0.4, 0.5) is 0 Å². The van der Waals surface area contributed by atoms with Crippen molar-refractivity contribution in [3.8, 4) is 11.6 Å². The number of ether oxygens (including phenoxy) is 1. The summed E-state index contributed by atoms with van der Waals surface area (Å²) in [5.41, 5.74) is 2.27. The fourth-order valence-corrected chi connectivity index (χ4v) is 1.80. The van der Waals surface area contributed by atoms with Gasteiger partial charge in [0.2, 0.25) is 5.88 Å². The summed E-state index contributed by atoms with van der Waals surface area (Å²) in [6, 6.07) is 7.59. The van der Waals surface area contributed by atoms with Crippen LogP contribution >= 0.6 is 11.6 Å². The lowest BCUT2D eigenvalue weighted by Gasteiger charge is -2.08. The Labute approximate surface area is 105 Å². The standard InChI is InChI=1S/C13H13ClN2O/c1-8-4-5-11(9(2)6-8)17-13-7-12(14)15-10(3)16-13/h4-7H,1-3H3. The quantitative estimate of drug-likeness (QED) is 0.758. The fraction of sp³-hybridized carbons (Fsp3) is 0.231. The number of rotatable bonds is 2. The smallest absolute Gasteiger partial charge is 0.224 e.